The van der Waals surface area contributed by atoms with Crippen LogP contribution in [0, 0.1) is 0 Å². The first-order chi connectivity index (χ1) is 8.65. The molecule has 1 aromatic rings. The molecule has 1 heterocycles. The Morgan fingerprint density at radius 1 is 1.35 bits per heavy atom. The number of aromatic hydroxyl groups is 1. The van der Waals surface area contributed by atoms with Crippen molar-refractivity contribution in [3.05, 3.63) is 22.2 Å². The van der Waals surface area contributed by atoms with Crippen LogP contribution >= 0.6 is 40.7 Å². The lowest BCUT2D eigenvalue weighted by Gasteiger charge is -2.35. The second-order valence-corrected chi connectivity index (χ2v) is 5.46. The lowest BCUT2D eigenvalue weighted by atomic mass is 10.00. The van der Waals surface area contributed by atoms with Crippen LogP contribution < -0.4 is 11.1 Å². The SMILES string of the molecule is CC[C@@H](c1c(Br)ccc(N)c1O)N1CCNCC1.Cl.Cl. The van der Waals surface area contributed by atoms with Crippen molar-refractivity contribution >= 4 is 46.4 Å². The third-order valence-corrected chi connectivity index (χ3v) is 4.20. The summed E-state index contributed by atoms with van der Waals surface area (Å²) in [6, 6.07) is 3.85. The molecule has 0 aliphatic carbocycles. The summed E-state index contributed by atoms with van der Waals surface area (Å²) in [7, 11) is 0. The highest BCUT2D eigenvalue weighted by atomic mass is 79.9. The number of benzene rings is 1. The van der Waals surface area contributed by atoms with Crippen LogP contribution in [0.4, 0.5) is 5.69 Å². The summed E-state index contributed by atoms with van der Waals surface area (Å²) in [5, 5.41) is 13.6. The van der Waals surface area contributed by atoms with Gasteiger partial charge in [-0.3, -0.25) is 4.90 Å². The fraction of sp³-hybridized carbons (Fsp3) is 0.538. The summed E-state index contributed by atoms with van der Waals surface area (Å²) in [6.07, 6.45) is 0.954. The Morgan fingerprint density at radius 3 is 2.50 bits per heavy atom. The van der Waals surface area contributed by atoms with Gasteiger partial charge < -0.3 is 16.2 Å². The monoisotopic (exact) mass is 385 g/mol. The van der Waals surface area contributed by atoms with E-state index in [2.05, 4.69) is 33.1 Å². The topological polar surface area (TPSA) is 61.5 Å². The third-order valence-electron chi connectivity index (χ3n) is 3.51. The standard InChI is InChI=1S/C13H20BrN3O.2ClH/c1-2-11(17-7-5-16-6-8-17)12-9(14)3-4-10(15)13(12)18;;/h3-4,11,16,18H,2,5-8,15H2,1H3;2*1H/t11-;;/m0../s1. The fourth-order valence-corrected chi connectivity index (χ4v) is 3.14. The summed E-state index contributed by atoms with van der Waals surface area (Å²) in [5.41, 5.74) is 7.17. The van der Waals surface area contributed by atoms with Crippen LogP contribution in [0.2, 0.25) is 0 Å². The molecule has 2 rings (SSSR count). The number of hydrogen-bond acceptors (Lipinski definition) is 4. The number of nitrogens with two attached hydrogens (primary N) is 1. The molecule has 0 spiro atoms. The van der Waals surface area contributed by atoms with E-state index in [1.54, 1.807) is 6.07 Å². The molecule has 0 saturated carbocycles. The first-order valence-electron chi connectivity index (χ1n) is 6.36. The summed E-state index contributed by atoms with van der Waals surface area (Å²) in [4.78, 5) is 2.40. The molecular weight excluding hydrogens is 365 g/mol. The van der Waals surface area contributed by atoms with E-state index in [4.69, 9.17) is 5.73 Å². The lowest BCUT2D eigenvalue weighted by Crippen LogP contribution is -2.45. The summed E-state index contributed by atoms with van der Waals surface area (Å²) >= 11 is 3.53. The van der Waals surface area contributed by atoms with E-state index in [1.807, 2.05) is 6.07 Å². The predicted molar refractivity (Wildman–Crippen MR) is 92.2 cm³/mol. The highest BCUT2D eigenvalue weighted by Gasteiger charge is 2.25. The van der Waals surface area contributed by atoms with Gasteiger partial charge in [0.25, 0.3) is 0 Å². The quantitative estimate of drug-likeness (QED) is 0.552. The Kier molecular flexibility index (Phi) is 8.86. The third kappa shape index (κ3) is 4.15. The van der Waals surface area contributed by atoms with Crippen LogP contribution in [0.15, 0.2) is 16.6 Å². The molecule has 1 aliphatic heterocycles. The molecule has 0 bridgehead atoms. The molecule has 1 aromatic carbocycles. The number of phenols is 1. The zero-order valence-corrected chi connectivity index (χ0v) is 14.7. The summed E-state index contributed by atoms with van der Waals surface area (Å²) in [5.74, 6) is 0.217. The Morgan fingerprint density at radius 2 is 1.95 bits per heavy atom. The van der Waals surface area contributed by atoms with Gasteiger partial charge in [-0.1, -0.05) is 22.9 Å². The molecule has 1 saturated heterocycles. The maximum Gasteiger partial charge on any atom is 0.144 e. The summed E-state index contributed by atoms with van der Waals surface area (Å²) < 4.78 is 0.930. The second-order valence-electron chi connectivity index (χ2n) is 4.61. The number of phenolic OH excluding ortho intramolecular Hbond substituents is 1. The van der Waals surface area contributed by atoms with E-state index < -0.39 is 0 Å². The number of nitrogens with one attached hydrogen (secondary N) is 1. The molecule has 1 fully saturated rings. The van der Waals surface area contributed by atoms with E-state index in [0.717, 1.165) is 42.6 Å². The van der Waals surface area contributed by atoms with Crippen LogP contribution in [0.1, 0.15) is 24.9 Å². The number of rotatable bonds is 3. The average molecular weight is 387 g/mol. The van der Waals surface area contributed by atoms with E-state index in [-0.39, 0.29) is 36.6 Å². The Bertz CT molecular complexity index is 428. The predicted octanol–water partition coefficient (Wildman–Crippen LogP) is 2.94. The van der Waals surface area contributed by atoms with Crippen molar-refractivity contribution in [3.8, 4) is 5.75 Å². The van der Waals surface area contributed by atoms with Gasteiger partial charge in [-0.25, -0.2) is 0 Å². The molecule has 0 amide bonds. The minimum Gasteiger partial charge on any atom is -0.505 e. The van der Waals surface area contributed by atoms with Gasteiger partial charge in [-0.05, 0) is 18.6 Å². The highest BCUT2D eigenvalue weighted by molar-refractivity contribution is 9.10. The van der Waals surface area contributed by atoms with Gasteiger partial charge in [0.1, 0.15) is 5.75 Å². The van der Waals surface area contributed by atoms with Crippen LogP contribution in [0.25, 0.3) is 0 Å². The van der Waals surface area contributed by atoms with Gasteiger partial charge in [-0.2, -0.15) is 0 Å². The van der Waals surface area contributed by atoms with Gasteiger partial charge in [0.05, 0.1) is 5.69 Å². The molecule has 0 aromatic heterocycles. The molecule has 4 N–H and O–H groups in total. The summed E-state index contributed by atoms with van der Waals surface area (Å²) in [6.45, 7) is 6.13. The minimum absolute atomic E-state index is 0. The zero-order valence-electron chi connectivity index (χ0n) is 11.4. The Labute approximate surface area is 141 Å². The smallest absolute Gasteiger partial charge is 0.144 e. The van der Waals surface area contributed by atoms with Crippen LogP contribution in [-0.2, 0) is 0 Å². The van der Waals surface area contributed by atoms with Gasteiger partial charge >= 0.3 is 0 Å². The molecule has 1 atom stereocenters. The number of halogens is 3. The Hall–Kier alpha value is -0.200. The Balaban J connectivity index is 0.00000180. The van der Waals surface area contributed by atoms with Gasteiger partial charge in [-0.15, -0.1) is 24.8 Å². The number of hydrogen-bond donors (Lipinski definition) is 3. The second kappa shape index (κ2) is 8.95. The molecule has 4 nitrogen and oxygen atoms in total. The van der Waals surface area contributed by atoms with E-state index in [0.29, 0.717) is 5.69 Å². The van der Waals surface area contributed by atoms with E-state index in [1.165, 1.54) is 0 Å². The van der Waals surface area contributed by atoms with Crippen molar-refractivity contribution in [3.63, 3.8) is 0 Å². The van der Waals surface area contributed by atoms with Crippen LogP contribution in [0.3, 0.4) is 0 Å². The van der Waals surface area contributed by atoms with Crippen molar-refractivity contribution in [2.75, 3.05) is 31.9 Å². The van der Waals surface area contributed by atoms with E-state index in [9.17, 15) is 5.11 Å². The largest absolute Gasteiger partial charge is 0.505 e. The molecule has 0 radical (unpaired) electrons. The molecule has 20 heavy (non-hydrogen) atoms. The number of piperazine rings is 1. The number of nitrogen functional groups attached to an aromatic ring is 1. The van der Waals surface area contributed by atoms with Crippen molar-refractivity contribution in [2.45, 2.75) is 19.4 Å². The van der Waals surface area contributed by atoms with Crippen LogP contribution in [-0.4, -0.2) is 36.2 Å². The molecule has 116 valence electrons. The van der Waals surface area contributed by atoms with Gasteiger partial charge in [0.15, 0.2) is 0 Å². The highest BCUT2D eigenvalue weighted by Crippen LogP contribution is 2.40. The van der Waals surface area contributed by atoms with Gasteiger partial charge in [0, 0.05) is 42.3 Å². The number of nitrogens with zero attached hydrogens (tertiary/aromatic N) is 1. The number of anilines is 1. The minimum atomic E-state index is 0. The average Bonchev–Trinajstić information content (AvgIpc) is 2.40. The zero-order chi connectivity index (χ0) is 13.1. The van der Waals surface area contributed by atoms with Crippen molar-refractivity contribution < 1.29 is 5.11 Å². The maximum atomic E-state index is 10.2. The van der Waals surface area contributed by atoms with E-state index >= 15 is 0 Å². The maximum absolute atomic E-state index is 10.2. The van der Waals surface area contributed by atoms with Crippen molar-refractivity contribution in [2.24, 2.45) is 0 Å². The first-order valence-corrected chi connectivity index (χ1v) is 7.16. The normalized spacial score (nSPS) is 16.9. The molecular formula is C13H22BrCl2N3O. The fourth-order valence-electron chi connectivity index (χ4n) is 2.56. The van der Waals surface area contributed by atoms with Crippen LogP contribution in [0.5, 0.6) is 5.75 Å². The van der Waals surface area contributed by atoms with Crippen molar-refractivity contribution in [1.82, 2.24) is 10.2 Å². The first kappa shape index (κ1) is 19.8. The van der Waals surface area contributed by atoms with Crippen molar-refractivity contribution in [1.29, 1.82) is 0 Å². The molecule has 1 aliphatic rings. The molecule has 7 heteroatoms. The molecule has 0 unspecified atom stereocenters. The van der Waals surface area contributed by atoms with Gasteiger partial charge in [0.2, 0.25) is 0 Å². The lowest BCUT2D eigenvalue weighted by molar-refractivity contribution is 0.166.